The topological polar surface area (TPSA) is 0 Å². The first-order chi connectivity index (χ1) is 5.18. The van der Waals surface area contributed by atoms with E-state index in [4.69, 9.17) is 30.9 Å². The van der Waals surface area contributed by atoms with Crippen molar-refractivity contribution in [3.63, 3.8) is 0 Å². The Bertz CT molecular complexity index is 90.5. The fraction of sp³-hybridized carbons (Fsp3) is 1.00. The van der Waals surface area contributed by atoms with Gasteiger partial charge in [-0.15, -0.1) is 0 Å². The van der Waals surface area contributed by atoms with Gasteiger partial charge in [-0.3, -0.25) is 0 Å². The van der Waals surface area contributed by atoms with E-state index in [-0.39, 0.29) is 6.39 Å². The fourth-order valence-corrected chi connectivity index (χ4v) is 0.128. The van der Waals surface area contributed by atoms with Crippen molar-refractivity contribution in [1.29, 1.82) is 0 Å². The van der Waals surface area contributed by atoms with Gasteiger partial charge in [0.25, 0.3) is 0 Å². The van der Waals surface area contributed by atoms with Gasteiger partial charge in [0.2, 0.25) is 0 Å². The first-order valence-electron chi connectivity index (χ1n) is 4.00. The Hall–Kier alpha value is 0.455. The fourth-order valence-electron chi connectivity index (χ4n) is 0.128. The lowest BCUT2D eigenvalue weighted by Gasteiger charge is -2.05. The second-order valence-corrected chi connectivity index (χ2v) is 4.35. The normalized spacial score (nSPS) is 9.33. The Kier molecular flexibility index (Phi) is 8.62. The molecule has 0 bridgehead atoms. The molecule has 7 heteroatoms. The van der Waals surface area contributed by atoms with Crippen LogP contribution in [0.3, 0.4) is 0 Å². The van der Waals surface area contributed by atoms with Crippen molar-refractivity contribution in [1.82, 2.24) is 0 Å². The Morgan fingerprint density at radius 3 is 1.25 bits per heavy atom. The van der Waals surface area contributed by atoms with E-state index in [0.29, 0.717) is 5.41 Å². The number of hydrogen-bond acceptors (Lipinski definition) is 0. The average molecular weight is 148 g/mol. The van der Waals surface area contributed by atoms with Crippen molar-refractivity contribution in [3.05, 3.63) is 0 Å². The molecule has 0 aromatic rings. The smallest absolute Gasteiger partial charge is 0 e. The van der Waals surface area contributed by atoms with Gasteiger partial charge in [0.15, 0.2) is 0 Å². The van der Waals surface area contributed by atoms with Crippen LogP contribution in [0.25, 0.3) is 0 Å². The second kappa shape index (κ2) is 6.92. The summed E-state index contributed by atoms with van der Waals surface area (Å²) in [5.74, 6) is 0. The highest BCUT2D eigenvalue weighted by Gasteiger charge is 2.06. The van der Waals surface area contributed by atoms with Gasteiger partial charge in [-0.25, -0.2) is 0 Å². The van der Waals surface area contributed by atoms with Crippen molar-refractivity contribution in [2.45, 2.75) is 27.7 Å². The van der Waals surface area contributed by atoms with Crippen molar-refractivity contribution < 1.29 is 0 Å². The second-order valence-electron chi connectivity index (χ2n) is 4.35. The summed E-state index contributed by atoms with van der Waals surface area (Å²) in [6.45, 7) is 8.75. The molecule has 0 spiro atoms. The van der Waals surface area contributed by atoms with Gasteiger partial charge in [0.1, 0.15) is 0 Å². The molecule has 0 aromatic heterocycles. The summed E-state index contributed by atoms with van der Waals surface area (Å²) >= 11 is 0. The Morgan fingerprint density at radius 2 is 1.25 bits per heavy atom. The molecular weight excluding hydrogens is 136 g/mol. The SMILES string of the molecule is CC(C)(C)C.[B][B]B([B])B([B])[B]. The third-order valence-corrected chi connectivity index (χ3v) is 0.667. The molecular formula is C5H12B7. The third kappa shape index (κ3) is 22.4. The summed E-state index contributed by atoms with van der Waals surface area (Å²) in [5.41, 5.74) is 0.500. The van der Waals surface area contributed by atoms with Crippen LogP contribution in [0.1, 0.15) is 27.7 Å². The zero-order chi connectivity index (χ0) is 10.4. The molecule has 0 saturated carbocycles. The molecule has 0 aliphatic rings. The highest BCUT2D eigenvalue weighted by molar-refractivity contribution is 7.81. The number of rotatable bonds is 2. The van der Waals surface area contributed by atoms with Crippen LogP contribution in [0.2, 0.25) is 0 Å². The molecule has 0 amide bonds. The van der Waals surface area contributed by atoms with Gasteiger partial charge in [0, 0.05) is 50.8 Å². The molecule has 0 heterocycles. The zero-order valence-corrected chi connectivity index (χ0v) is 8.54. The molecule has 0 nitrogen and oxygen atoms in total. The summed E-state index contributed by atoms with van der Waals surface area (Å²) in [6.07, 6.45) is -0.926. The Balaban J connectivity index is 0. The molecule has 53 valence electrons. The van der Waals surface area contributed by atoms with Crippen molar-refractivity contribution in [3.8, 4) is 0 Å². The molecule has 0 saturated heterocycles. The van der Waals surface area contributed by atoms with Crippen molar-refractivity contribution in [2.24, 2.45) is 5.41 Å². The van der Waals surface area contributed by atoms with E-state index in [9.17, 15) is 0 Å². The Morgan fingerprint density at radius 1 is 1.00 bits per heavy atom. The van der Waals surface area contributed by atoms with Gasteiger partial charge >= 0.3 is 0 Å². The lowest BCUT2D eigenvalue weighted by molar-refractivity contribution is 0.469. The lowest BCUT2D eigenvalue weighted by atomic mass is 8.76. The summed E-state index contributed by atoms with van der Waals surface area (Å²) in [7, 11) is 21.6. The molecule has 9 radical (unpaired) electrons. The quantitative estimate of drug-likeness (QED) is 0.458. The van der Waals surface area contributed by atoms with E-state index in [1.54, 1.807) is 0 Å². The van der Waals surface area contributed by atoms with Gasteiger partial charge in [-0.05, 0) is 5.41 Å². The van der Waals surface area contributed by atoms with E-state index in [0.717, 1.165) is 0 Å². The van der Waals surface area contributed by atoms with Crippen LogP contribution in [0.15, 0.2) is 0 Å². The summed E-state index contributed by atoms with van der Waals surface area (Å²) < 4.78 is 0. The van der Waals surface area contributed by atoms with Crippen molar-refractivity contribution >= 4 is 50.8 Å². The largest absolute Gasteiger partial charge is 0.0604 e. The predicted octanol–water partition coefficient (Wildman–Crippen LogP) is -0.613. The van der Waals surface area contributed by atoms with Crippen molar-refractivity contribution in [2.75, 3.05) is 0 Å². The van der Waals surface area contributed by atoms with Crippen LogP contribution in [0.4, 0.5) is 0 Å². The van der Waals surface area contributed by atoms with E-state index in [1.165, 1.54) is 7.06 Å². The first kappa shape index (κ1) is 15.0. The number of hydrogen-bond donors (Lipinski definition) is 0. The predicted molar refractivity (Wildman–Crippen MR) is 65.4 cm³/mol. The minimum absolute atomic E-state index is 0.389. The van der Waals surface area contributed by atoms with Gasteiger partial charge in [-0.2, -0.15) is 0 Å². The van der Waals surface area contributed by atoms with Gasteiger partial charge in [0.05, 0.1) is 0 Å². The minimum Gasteiger partial charge on any atom is -0.0604 e. The highest BCUT2D eigenvalue weighted by Crippen LogP contribution is 2.07. The van der Waals surface area contributed by atoms with E-state index >= 15 is 0 Å². The van der Waals surface area contributed by atoms with Gasteiger partial charge in [-0.1, -0.05) is 27.7 Å². The van der Waals surface area contributed by atoms with E-state index in [2.05, 4.69) is 27.7 Å². The molecule has 0 rings (SSSR count). The molecule has 0 aromatic carbocycles. The van der Waals surface area contributed by atoms with Crippen LogP contribution in [-0.2, 0) is 0 Å². The monoisotopic (exact) mass is 149 g/mol. The van der Waals surface area contributed by atoms with Gasteiger partial charge < -0.3 is 0 Å². The molecule has 12 heavy (non-hydrogen) atoms. The zero-order valence-electron chi connectivity index (χ0n) is 8.54. The molecule has 0 fully saturated rings. The maximum atomic E-state index is 5.19. The lowest BCUT2D eigenvalue weighted by Crippen LogP contribution is -2.43. The van der Waals surface area contributed by atoms with E-state index < -0.39 is 6.39 Å². The van der Waals surface area contributed by atoms with Crippen LogP contribution in [0.5, 0.6) is 0 Å². The maximum Gasteiger partial charge on any atom is 0 e. The summed E-state index contributed by atoms with van der Waals surface area (Å²) in [4.78, 5) is 0. The minimum atomic E-state index is -0.537. The summed E-state index contributed by atoms with van der Waals surface area (Å²) in [6, 6.07) is 0. The highest BCUT2D eigenvalue weighted by atomic mass is 14.0. The molecule has 0 aliphatic heterocycles. The Labute approximate surface area is 84.3 Å². The summed E-state index contributed by atoms with van der Waals surface area (Å²) in [5, 5.41) is 0. The average Bonchev–Trinajstić information content (AvgIpc) is 1.82. The molecule has 0 atom stereocenters. The molecule has 0 N–H and O–H groups in total. The van der Waals surface area contributed by atoms with Crippen LogP contribution in [-0.4, -0.2) is 50.8 Å². The van der Waals surface area contributed by atoms with Crippen LogP contribution >= 0.6 is 0 Å². The molecule has 0 aliphatic carbocycles. The van der Waals surface area contributed by atoms with Crippen LogP contribution < -0.4 is 0 Å². The van der Waals surface area contributed by atoms with E-state index in [1.807, 2.05) is 0 Å². The third-order valence-electron chi connectivity index (χ3n) is 0.667. The first-order valence-corrected chi connectivity index (χ1v) is 4.00. The van der Waals surface area contributed by atoms with Crippen LogP contribution in [0, 0.1) is 5.41 Å². The standard InChI is InChI=1S/C5H12.B7/c1-5(2,3)4;1-5-7(4)6(2)3/h1-4H3;. The maximum absolute atomic E-state index is 5.19. The molecule has 0 unspecified atom stereocenters.